The SMILES string of the molecule is Cc1nn(-c2ccc(F)cc2)c(C)c1S(=O)(=O)N1CCCCC1. The lowest BCUT2D eigenvalue weighted by atomic mass is 10.2. The van der Waals surface area contributed by atoms with Crippen LogP contribution < -0.4 is 0 Å². The van der Waals surface area contributed by atoms with E-state index in [1.165, 1.54) is 12.1 Å². The van der Waals surface area contributed by atoms with Crippen LogP contribution in [-0.2, 0) is 10.0 Å². The van der Waals surface area contributed by atoms with Gasteiger partial charge in [-0.05, 0) is 51.0 Å². The van der Waals surface area contributed by atoms with Crippen molar-refractivity contribution in [3.63, 3.8) is 0 Å². The second-order valence-corrected chi connectivity index (χ2v) is 7.73. The van der Waals surface area contributed by atoms with Crippen LogP contribution in [0, 0.1) is 19.7 Å². The van der Waals surface area contributed by atoms with Gasteiger partial charge in [0.15, 0.2) is 0 Å². The fourth-order valence-corrected chi connectivity index (χ4v) is 4.94. The molecule has 2 heterocycles. The zero-order valence-electron chi connectivity index (χ0n) is 13.3. The van der Waals surface area contributed by atoms with Crippen LogP contribution in [-0.4, -0.2) is 35.6 Å². The summed E-state index contributed by atoms with van der Waals surface area (Å²) in [5.74, 6) is -0.337. The Hall–Kier alpha value is -1.73. The van der Waals surface area contributed by atoms with E-state index in [9.17, 15) is 12.8 Å². The molecule has 2 aromatic rings. The smallest absolute Gasteiger partial charge is 0.236 e. The van der Waals surface area contributed by atoms with Gasteiger partial charge < -0.3 is 0 Å². The molecule has 0 N–H and O–H groups in total. The minimum Gasteiger partial charge on any atom is -0.236 e. The summed E-state index contributed by atoms with van der Waals surface area (Å²) in [6, 6.07) is 5.85. The molecule has 1 saturated heterocycles. The van der Waals surface area contributed by atoms with Gasteiger partial charge in [0.25, 0.3) is 0 Å². The minimum atomic E-state index is -3.54. The maximum atomic E-state index is 13.1. The highest BCUT2D eigenvalue weighted by atomic mass is 32.2. The van der Waals surface area contributed by atoms with Crippen molar-refractivity contribution < 1.29 is 12.8 Å². The summed E-state index contributed by atoms with van der Waals surface area (Å²) >= 11 is 0. The van der Waals surface area contributed by atoms with Gasteiger partial charge in [0.05, 0.1) is 17.1 Å². The lowest BCUT2D eigenvalue weighted by Gasteiger charge is -2.25. The Morgan fingerprint density at radius 1 is 1.04 bits per heavy atom. The van der Waals surface area contributed by atoms with E-state index in [0.29, 0.717) is 30.2 Å². The molecule has 5 nitrogen and oxygen atoms in total. The van der Waals surface area contributed by atoms with Gasteiger partial charge >= 0.3 is 0 Å². The third-order valence-electron chi connectivity index (χ3n) is 4.21. The average molecular weight is 337 g/mol. The Balaban J connectivity index is 2.05. The molecule has 0 amide bonds. The summed E-state index contributed by atoms with van der Waals surface area (Å²) in [6.45, 7) is 4.55. The largest absolute Gasteiger partial charge is 0.246 e. The monoisotopic (exact) mass is 337 g/mol. The molecule has 124 valence electrons. The molecule has 0 atom stereocenters. The van der Waals surface area contributed by atoms with Gasteiger partial charge in [-0.2, -0.15) is 9.40 Å². The molecule has 0 bridgehead atoms. The molecule has 1 aromatic heterocycles. The molecule has 0 spiro atoms. The molecule has 1 aromatic carbocycles. The lowest BCUT2D eigenvalue weighted by molar-refractivity contribution is 0.346. The lowest BCUT2D eigenvalue weighted by Crippen LogP contribution is -2.36. The van der Waals surface area contributed by atoms with Gasteiger partial charge in [-0.15, -0.1) is 0 Å². The molecule has 0 radical (unpaired) electrons. The van der Waals surface area contributed by atoms with E-state index in [2.05, 4.69) is 5.10 Å². The van der Waals surface area contributed by atoms with Gasteiger partial charge in [0.2, 0.25) is 10.0 Å². The standard InChI is InChI=1S/C16H20FN3O2S/c1-12-16(23(21,22)19-10-4-3-5-11-19)13(2)20(18-12)15-8-6-14(17)7-9-15/h6-9H,3-5,10-11H2,1-2H3. The highest BCUT2D eigenvalue weighted by Crippen LogP contribution is 2.27. The number of nitrogens with zero attached hydrogens (tertiary/aromatic N) is 3. The Kier molecular flexibility index (Phi) is 4.25. The van der Waals surface area contributed by atoms with Crippen LogP contribution in [0.25, 0.3) is 5.69 Å². The highest BCUT2D eigenvalue weighted by molar-refractivity contribution is 7.89. The number of hydrogen-bond donors (Lipinski definition) is 0. The fourth-order valence-electron chi connectivity index (χ4n) is 3.07. The van der Waals surface area contributed by atoms with Crippen LogP contribution in [0.5, 0.6) is 0 Å². The number of aryl methyl sites for hydroxylation is 1. The normalized spacial score (nSPS) is 16.7. The average Bonchev–Trinajstić information content (AvgIpc) is 2.84. The van der Waals surface area contributed by atoms with Crippen molar-refractivity contribution in [2.45, 2.75) is 38.0 Å². The summed E-state index contributed by atoms with van der Waals surface area (Å²) in [4.78, 5) is 0.267. The van der Waals surface area contributed by atoms with E-state index in [1.807, 2.05) is 0 Å². The second-order valence-electron chi connectivity index (χ2n) is 5.85. The Bertz CT molecular complexity index is 807. The molecular weight excluding hydrogens is 317 g/mol. The first-order valence-electron chi connectivity index (χ1n) is 7.73. The molecule has 0 aliphatic carbocycles. The third kappa shape index (κ3) is 2.90. The van der Waals surface area contributed by atoms with E-state index < -0.39 is 10.0 Å². The molecule has 23 heavy (non-hydrogen) atoms. The maximum Gasteiger partial charge on any atom is 0.246 e. The van der Waals surface area contributed by atoms with Crippen molar-refractivity contribution >= 4 is 10.0 Å². The van der Waals surface area contributed by atoms with Crippen LogP contribution in [0.4, 0.5) is 4.39 Å². The number of halogens is 1. The Labute approximate surface area is 135 Å². The van der Waals surface area contributed by atoms with Crippen LogP contribution in [0.1, 0.15) is 30.7 Å². The third-order valence-corrected chi connectivity index (χ3v) is 6.36. The molecule has 1 fully saturated rings. The van der Waals surface area contributed by atoms with E-state index in [4.69, 9.17) is 0 Å². The second kappa shape index (κ2) is 6.05. The first-order chi connectivity index (χ1) is 10.9. The van der Waals surface area contributed by atoms with Crippen molar-refractivity contribution in [1.82, 2.24) is 14.1 Å². The van der Waals surface area contributed by atoms with Gasteiger partial charge in [-0.3, -0.25) is 0 Å². The van der Waals surface area contributed by atoms with Crippen molar-refractivity contribution in [3.8, 4) is 5.69 Å². The predicted octanol–water partition coefficient (Wildman–Crippen LogP) is 2.80. The van der Waals surface area contributed by atoms with E-state index in [-0.39, 0.29) is 10.7 Å². The maximum absolute atomic E-state index is 13.1. The molecule has 1 aliphatic rings. The quantitative estimate of drug-likeness (QED) is 0.865. The predicted molar refractivity (Wildman–Crippen MR) is 85.6 cm³/mol. The van der Waals surface area contributed by atoms with Gasteiger partial charge in [0, 0.05) is 13.1 Å². The Morgan fingerprint density at radius 3 is 2.26 bits per heavy atom. The number of aromatic nitrogens is 2. The highest BCUT2D eigenvalue weighted by Gasteiger charge is 2.31. The summed E-state index contributed by atoms with van der Waals surface area (Å²) in [7, 11) is -3.54. The van der Waals surface area contributed by atoms with Crippen LogP contribution in [0.2, 0.25) is 0 Å². The molecule has 0 saturated carbocycles. The van der Waals surface area contributed by atoms with Crippen molar-refractivity contribution in [1.29, 1.82) is 0 Å². The number of rotatable bonds is 3. The van der Waals surface area contributed by atoms with Crippen molar-refractivity contribution in [3.05, 3.63) is 41.5 Å². The fraction of sp³-hybridized carbons (Fsp3) is 0.438. The molecule has 7 heteroatoms. The number of sulfonamides is 1. The first kappa shape index (κ1) is 16.1. The van der Waals surface area contributed by atoms with E-state index in [1.54, 1.807) is 35.0 Å². The number of benzene rings is 1. The topological polar surface area (TPSA) is 55.2 Å². The number of hydrogen-bond acceptors (Lipinski definition) is 3. The summed E-state index contributed by atoms with van der Waals surface area (Å²) in [5.41, 5.74) is 1.67. The van der Waals surface area contributed by atoms with Crippen LogP contribution >= 0.6 is 0 Å². The first-order valence-corrected chi connectivity index (χ1v) is 9.17. The molecular formula is C16H20FN3O2S. The van der Waals surface area contributed by atoms with Gasteiger partial charge in [-0.25, -0.2) is 17.5 Å². The number of piperidine rings is 1. The summed E-state index contributed by atoms with van der Waals surface area (Å²) in [6.07, 6.45) is 2.85. The van der Waals surface area contributed by atoms with Crippen molar-refractivity contribution in [2.24, 2.45) is 0 Å². The minimum absolute atomic E-state index is 0.267. The van der Waals surface area contributed by atoms with Gasteiger partial charge in [-0.1, -0.05) is 6.42 Å². The Morgan fingerprint density at radius 2 is 1.65 bits per heavy atom. The zero-order chi connectivity index (χ0) is 16.6. The van der Waals surface area contributed by atoms with E-state index in [0.717, 1.165) is 19.3 Å². The molecule has 1 aliphatic heterocycles. The summed E-state index contributed by atoms with van der Waals surface area (Å²) in [5, 5.41) is 4.36. The van der Waals surface area contributed by atoms with Crippen LogP contribution in [0.15, 0.2) is 29.2 Å². The molecule has 3 rings (SSSR count). The van der Waals surface area contributed by atoms with Gasteiger partial charge in [0.1, 0.15) is 10.7 Å². The van der Waals surface area contributed by atoms with E-state index >= 15 is 0 Å². The van der Waals surface area contributed by atoms with Crippen LogP contribution in [0.3, 0.4) is 0 Å². The van der Waals surface area contributed by atoms with Crippen molar-refractivity contribution in [2.75, 3.05) is 13.1 Å². The molecule has 0 unspecified atom stereocenters. The zero-order valence-corrected chi connectivity index (χ0v) is 14.1. The summed E-state index contributed by atoms with van der Waals surface area (Å²) < 4.78 is 42.1.